The minimum atomic E-state index is -0.171. The zero-order valence-electron chi connectivity index (χ0n) is 12.3. The Morgan fingerprint density at radius 1 is 0.957 bits per heavy atom. The Morgan fingerprint density at radius 3 is 2.61 bits per heavy atom. The Hall–Kier alpha value is -3.21. The van der Waals surface area contributed by atoms with Crippen LogP contribution < -0.4 is 5.56 Å². The van der Waals surface area contributed by atoms with Gasteiger partial charge in [0.25, 0.3) is 5.56 Å². The van der Waals surface area contributed by atoms with Crippen LogP contribution in [0.15, 0.2) is 65.7 Å². The van der Waals surface area contributed by atoms with Gasteiger partial charge in [-0.2, -0.15) is 10.2 Å². The van der Waals surface area contributed by atoms with Gasteiger partial charge in [-0.3, -0.25) is 9.89 Å². The van der Waals surface area contributed by atoms with E-state index in [0.717, 1.165) is 27.8 Å². The lowest BCUT2D eigenvalue weighted by molar-refractivity contribution is 0.934. The third kappa shape index (κ3) is 2.53. The number of aromatic nitrogens is 4. The summed E-state index contributed by atoms with van der Waals surface area (Å²) in [4.78, 5) is 12.0. The second kappa shape index (κ2) is 5.53. The van der Waals surface area contributed by atoms with Crippen molar-refractivity contribution in [3.63, 3.8) is 0 Å². The summed E-state index contributed by atoms with van der Waals surface area (Å²) in [5.41, 5.74) is 3.83. The Kier molecular flexibility index (Phi) is 3.24. The van der Waals surface area contributed by atoms with E-state index < -0.39 is 0 Å². The number of hydrogen-bond donors (Lipinski definition) is 2. The van der Waals surface area contributed by atoms with Crippen LogP contribution in [0.2, 0.25) is 0 Å². The molecule has 5 heteroatoms. The van der Waals surface area contributed by atoms with E-state index in [1.807, 2.05) is 42.6 Å². The highest BCUT2D eigenvalue weighted by molar-refractivity contribution is 5.88. The first-order valence-electron chi connectivity index (χ1n) is 7.35. The smallest absolute Gasteiger partial charge is 0.272 e. The van der Waals surface area contributed by atoms with Gasteiger partial charge in [-0.05, 0) is 23.3 Å². The summed E-state index contributed by atoms with van der Waals surface area (Å²) < 4.78 is 0. The minimum absolute atomic E-state index is 0.171. The average Bonchev–Trinajstić information content (AvgIpc) is 3.13. The van der Waals surface area contributed by atoms with E-state index in [9.17, 15) is 4.79 Å². The van der Waals surface area contributed by atoms with Crippen molar-refractivity contribution in [3.05, 3.63) is 82.5 Å². The van der Waals surface area contributed by atoms with Crippen molar-refractivity contribution >= 4 is 10.8 Å². The molecule has 0 fully saturated rings. The molecule has 0 atom stereocenters. The fourth-order valence-corrected chi connectivity index (χ4v) is 2.73. The van der Waals surface area contributed by atoms with E-state index in [4.69, 9.17) is 0 Å². The molecule has 0 saturated heterocycles. The molecule has 23 heavy (non-hydrogen) atoms. The molecular weight excluding hydrogens is 288 g/mol. The van der Waals surface area contributed by atoms with Gasteiger partial charge in [-0.1, -0.05) is 36.4 Å². The number of hydrogen-bond acceptors (Lipinski definition) is 3. The molecule has 2 aromatic heterocycles. The summed E-state index contributed by atoms with van der Waals surface area (Å²) in [5.74, 6) is 0. The minimum Gasteiger partial charge on any atom is -0.285 e. The van der Waals surface area contributed by atoms with E-state index >= 15 is 0 Å². The molecule has 2 heterocycles. The summed E-state index contributed by atoms with van der Waals surface area (Å²) >= 11 is 0. The molecule has 2 N–H and O–H groups in total. The highest BCUT2D eigenvalue weighted by Crippen LogP contribution is 2.24. The molecular formula is C18H14N4O. The number of rotatable bonds is 3. The maximum Gasteiger partial charge on any atom is 0.272 e. The summed E-state index contributed by atoms with van der Waals surface area (Å²) in [7, 11) is 0. The molecule has 0 aliphatic carbocycles. The van der Waals surface area contributed by atoms with Crippen molar-refractivity contribution in [1.29, 1.82) is 0 Å². The second-order valence-corrected chi connectivity index (χ2v) is 5.41. The van der Waals surface area contributed by atoms with Crippen LogP contribution in [0.1, 0.15) is 11.3 Å². The summed E-state index contributed by atoms with van der Waals surface area (Å²) in [6, 6.07) is 15.9. The van der Waals surface area contributed by atoms with Gasteiger partial charge < -0.3 is 0 Å². The van der Waals surface area contributed by atoms with Crippen LogP contribution in [-0.2, 0) is 6.42 Å². The molecule has 0 unspecified atom stereocenters. The predicted octanol–water partition coefficient (Wildman–Crippen LogP) is 2.90. The molecule has 0 spiro atoms. The van der Waals surface area contributed by atoms with Crippen LogP contribution in [0.3, 0.4) is 0 Å². The lowest BCUT2D eigenvalue weighted by Gasteiger charge is -2.07. The SMILES string of the molecule is O=c1[nH]nc(Cc2ccccc2)c2cc(-c3cn[nH]c3)ccc12. The summed E-state index contributed by atoms with van der Waals surface area (Å²) in [6.07, 6.45) is 4.26. The van der Waals surface area contributed by atoms with E-state index in [1.165, 1.54) is 0 Å². The molecule has 5 nitrogen and oxygen atoms in total. The lowest BCUT2D eigenvalue weighted by atomic mass is 10.0. The zero-order chi connectivity index (χ0) is 15.6. The number of nitrogens with zero attached hydrogens (tertiary/aromatic N) is 2. The van der Waals surface area contributed by atoms with Crippen molar-refractivity contribution in [2.75, 3.05) is 0 Å². The van der Waals surface area contributed by atoms with Gasteiger partial charge in [0, 0.05) is 23.6 Å². The Bertz CT molecular complexity index is 1000. The quantitative estimate of drug-likeness (QED) is 0.611. The normalized spacial score (nSPS) is 11.0. The fraction of sp³-hybridized carbons (Fsp3) is 0.0556. The van der Waals surface area contributed by atoms with E-state index in [-0.39, 0.29) is 5.56 Å². The number of aromatic amines is 2. The van der Waals surface area contributed by atoms with Gasteiger partial charge in [0.15, 0.2) is 0 Å². The van der Waals surface area contributed by atoms with Crippen LogP contribution in [0.4, 0.5) is 0 Å². The largest absolute Gasteiger partial charge is 0.285 e. The van der Waals surface area contributed by atoms with Crippen LogP contribution in [0.25, 0.3) is 21.9 Å². The third-order valence-corrected chi connectivity index (χ3v) is 3.91. The molecule has 0 aliphatic rings. The molecule has 0 radical (unpaired) electrons. The second-order valence-electron chi connectivity index (χ2n) is 5.41. The maximum absolute atomic E-state index is 12.0. The van der Waals surface area contributed by atoms with Crippen molar-refractivity contribution in [1.82, 2.24) is 20.4 Å². The number of benzene rings is 2. The van der Waals surface area contributed by atoms with Gasteiger partial charge in [0.05, 0.1) is 17.3 Å². The molecule has 4 rings (SSSR count). The molecule has 0 aliphatic heterocycles. The van der Waals surface area contributed by atoms with Crippen molar-refractivity contribution in [2.45, 2.75) is 6.42 Å². The van der Waals surface area contributed by atoms with E-state index in [1.54, 1.807) is 6.20 Å². The maximum atomic E-state index is 12.0. The first-order chi connectivity index (χ1) is 11.3. The Labute approximate surface area is 132 Å². The van der Waals surface area contributed by atoms with Crippen LogP contribution in [-0.4, -0.2) is 20.4 Å². The van der Waals surface area contributed by atoms with Gasteiger partial charge in [0.1, 0.15) is 0 Å². The molecule has 0 bridgehead atoms. The van der Waals surface area contributed by atoms with E-state index in [2.05, 4.69) is 32.5 Å². The third-order valence-electron chi connectivity index (χ3n) is 3.91. The van der Waals surface area contributed by atoms with E-state index in [0.29, 0.717) is 11.8 Å². The Morgan fingerprint density at radius 2 is 1.83 bits per heavy atom. The van der Waals surface area contributed by atoms with Crippen LogP contribution in [0, 0.1) is 0 Å². The fourth-order valence-electron chi connectivity index (χ4n) is 2.73. The van der Waals surface area contributed by atoms with Gasteiger partial charge >= 0.3 is 0 Å². The lowest BCUT2D eigenvalue weighted by Crippen LogP contribution is -2.11. The molecule has 2 aromatic carbocycles. The van der Waals surface area contributed by atoms with Crippen LogP contribution >= 0.6 is 0 Å². The predicted molar refractivity (Wildman–Crippen MR) is 89.2 cm³/mol. The molecule has 0 amide bonds. The number of H-pyrrole nitrogens is 2. The van der Waals surface area contributed by atoms with Crippen molar-refractivity contribution < 1.29 is 0 Å². The molecule has 112 valence electrons. The first-order valence-corrected chi connectivity index (χ1v) is 7.35. The summed E-state index contributed by atoms with van der Waals surface area (Å²) in [6.45, 7) is 0. The Balaban J connectivity index is 1.88. The first kappa shape index (κ1) is 13.5. The standard InChI is InChI=1S/C18H14N4O/c23-18-15-7-6-13(14-10-19-20-11-14)9-16(15)17(21-22-18)8-12-4-2-1-3-5-12/h1-7,9-11H,8H2,(H,19,20)(H,22,23). The van der Waals surface area contributed by atoms with Crippen LogP contribution in [0.5, 0.6) is 0 Å². The highest BCUT2D eigenvalue weighted by Gasteiger charge is 2.09. The summed E-state index contributed by atoms with van der Waals surface area (Å²) in [5, 5.41) is 15.2. The molecule has 4 aromatic rings. The zero-order valence-corrected chi connectivity index (χ0v) is 12.3. The topological polar surface area (TPSA) is 74.4 Å². The monoisotopic (exact) mass is 302 g/mol. The van der Waals surface area contributed by atoms with Gasteiger partial charge in [-0.15, -0.1) is 0 Å². The number of nitrogens with one attached hydrogen (secondary N) is 2. The van der Waals surface area contributed by atoms with Gasteiger partial charge in [0.2, 0.25) is 0 Å². The average molecular weight is 302 g/mol. The molecule has 0 saturated carbocycles. The number of fused-ring (bicyclic) bond motifs is 1. The van der Waals surface area contributed by atoms with Gasteiger partial charge in [-0.25, -0.2) is 5.10 Å². The van der Waals surface area contributed by atoms with Crippen molar-refractivity contribution in [2.24, 2.45) is 0 Å². The highest BCUT2D eigenvalue weighted by atomic mass is 16.1. The van der Waals surface area contributed by atoms with Crippen molar-refractivity contribution in [3.8, 4) is 11.1 Å².